The molecule has 0 spiro atoms. The van der Waals surface area contributed by atoms with Crippen molar-refractivity contribution in [3.8, 4) is 0 Å². The summed E-state index contributed by atoms with van der Waals surface area (Å²) in [6, 6.07) is 9.02. The lowest BCUT2D eigenvalue weighted by Crippen LogP contribution is -2.43. The third-order valence-corrected chi connectivity index (χ3v) is 4.73. The SMILES string of the molecule is CC1(NCc2ccccc2C2CC2)CCCCC1. The van der Waals surface area contributed by atoms with Crippen molar-refractivity contribution in [1.82, 2.24) is 5.32 Å². The molecule has 1 aromatic carbocycles. The van der Waals surface area contributed by atoms with E-state index in [1.165, 1.54) is 50.5 Å². The molecule has 1 aromatic rings. The molecule has 2 aliphatic carbocycles. The second kappa shape index (κ2) is 5.05. The van der Waals surface area contributed by atoms with Gasteiger partial charge in [-0.15, -0.1) is 0 Å². The lowest BCUT2D eigenvalue weighted by Gasteiger charge is -2.35. The third-order valence-electron chi connectivity index (χ3n) is 4.73. The highest BCUT2D eigenvalue weighted by atomic mass is 15.0. The van der Waals surface area contributed by atoms with Gasteiger partial charge in [-0.1, -0.05) is 43.5 Å². The van der Waals surface area contributed by atoms with Gasteiger partial charge in [-0.3, -0.25) is 0 Å². The minimum atomic E-state index is 0.384. The van der Waals surface area contributed by atoms with Crippen molar-refractivity contribution < 1.29 is 0 Å². The van der Waals surface area contributed by atoms with Gasteiger partial charge < -0.3 is 5.32 Å². The Morgan fingerprint density at radius 1 is 1.11 bits per heavy atom. The molecule has 0 atom stereocenters. The van der Waals surface area contributed by atoms with Crippen molar-refractivity contribution in [3.63, 3.8) is 0 Å². The average Bonchev–Trinajstić information content (AvgIpc) is 3.22. The van der Waals surface area contributed by atoms with E-state index in [-0.39, 0.29) is 0 Å². The molecule has 0 amide bonds. The van der Waals surface area contributed by atoms with E-state index in [4.69, 9.17) is 0 Å². The molecule has 0 bridgehead atoms. The maximum Gasteiger partial charge on any atom is 0.0213 e. The smallest absolute Gasteiger partial charge is 0.0213 e. The average molecular weight is 243 g/mol. The van der Waals surface area contributed by atoms with Crippen molar-refractivity contribution in [2.24, 2.45) is 0 Å². The van der Waals surface area contributed by atoms with Gasteiger partial charge in [-0.05, 0) is 49.7 Å². The maximum atomic E-state index is 3.84. The minimum Gasteiger partial charge on any atom is -0.307 e. The summed E-state index contributed by atoms with van der Waals surface area (Å²) in [6.07, 6.45) is 9.71. The van der Waals surface area contributed by atoms with Crippen LogP contribution >= 0.6 is 0 Å². The Morgan fingerprint density at radius 3 is 2.56 bits per heavy atom. The van der Waals surface area contributed by atoms with E-state index in [1.807, 2.05) is 0 Å². The van der Waals surface area contributed by atoms with Crippen molar-refractivity contribution >= 4 is 0 Å². The van der Waals surface area contributed by atoms with Crippen molar-refractivity contribution in [2.75, 3.05) is 0 Å². The van der Waals surface area contributed by atoms with Gasteiger partial charge in [0.15, 0.2) is 0 Å². The van der Waals surface area contributed by atoms with Crippen LogP contribution in [0.25, 0.3) is 0 Å². The molecule has 1 heteroatoms. The summed E-state index contributed by atoms with van der Waals surface area (Å²) in [6.45, 7) is 3.47. The normalized spacial score (nSPS) is 22.9. The molecular weight excluding hydrogens is 218 g/mol. The van der Waals surface area contributed by atoms with Gasteiger partial charge in [0.2, 0.25) is 0 Å². The summed E-state index contributed by atoms with van der Waals surface area (Å²) >= 11 is 0. The number of nitrogens with one attached hydrogen (secondary N) is 1. The summed E-state index contributed by atoms with van der Waals surface area (Å²) in [7, 11) is 0. The first kappa shape index (κ1) is 12.2. The Labute approximate surface area is 111 Å². The summed E-state index contributed by atoms with van der Waals surface area (Å²) < 4.78 is 0. The van der Waals surface area contributed by atoms with Crippen LogP contribution < -0.4 is 5.32 Å². The zero-order chi connectivity index (χ0) is 12.4. The molecular formula is C17H25N. The predicted molar refractivity (Wildman–Crippen MR) is 76.7 cm³/mol. The van der Waals surface area contributed by atoms with E-state index in [1.54, 1.807) is 5.56 Å². The summed E-state index contributed by atoms with van der Waals surface area (Å²) in [5.41, 5.74) is 3.52. The maximum absolute atomic E-state index is 3.84. The van der Waals surface area contributed by atoms with Crippen LogP contribution in [0.15, 0.2) is 24.3 Å². The van der Waals surface area contributed by atoms with Crippen molar-refractivity contribution in [2.45, 2.75) is 69.9 Å². The van der Waals surface area contributed by atoms with Crippen molar-refractivity contribution in [1.29, 1.82) is 0 Å². The molecule has 0 radical (unpaired) electrons. The molecule has 98 valence electrons. The molecule has 2 aliphatic rings. The molecule has 0 aliphatic heterocycles. The zero-order valence-corrected chi connectivity index (χ0v) is 11.5. The molecule has 1 nitrogen and oxygen atoms in total. The monoisotopic (exact) mass is 243 g/mol. The van der Waals surface area contributed by atoms with Gasteiger partial charge in [0.25, 0.3) is 0 Å². The number of benzene rings is 1. The van der Waals surface area contributed by atoms with E-state index >= 15 is 0 Å². The third kappa shape index (κ3) is 2.77. The molecule has 0 heterocycles. The Kier molecular flexibility index (Phi) is 3.43. The van der Waals surface area contributed by atoms with Crippen LogP contribution in [-0.4, -0.2) is 5.54 Å². The summed E-state index contributed by atoms with van der Waals surface area (Å²) in [5, 5.41) is 3.84. The van der Waals surface area contributed by atoms with Gasteiger partial charge in [0.1, 0.15) is 0 Å². The Morgan fingerprint density at radius 2 is 1.83 bits per heavy atom. The highest BCUT2D eigenvalue weighted by molar-refractivity contribution is 5.33. The highest BCUT2D eigenvalue weighted by Crippen LogP contribution is 2.41. The molecule has 2 saturated carbocycles. The predicted octanol–water partition coefficient (Wildman–Crippen LogP) is 4.38. The number of rotatable bonds is 4. The van der Waals surface area contributed by atoms with E-state index in [0.29, 0.717) is 5.54 Å². The Hall–Kier alpha value is -0.820. The first-order valence-electron chi connectivity index (χ1n) is 7.60. The van der Waals surface area contributed by atoms with Gasteiger partial charge in [-0.25, -0.2) is 0 Å². The topological polar surface area (TPSA) is 12.0 Å². The van der Waals surface area contributed by atoms with Crippen LogP contribution in [0.4, 0.5) is 0 Å². The highest BCUT2D eigenvalue weighted by Gasteiger charge is 2.28. The first-order valence-corrected chi connectivity index (χ1v) is 7.60. The summed E-state index contributed by atoms with van der Waals surface area (Å²) in [5.74, 6) is 0.863. The van der Waals surface area contributed by atoms with Gasteiger partial charge in [0.05, 0.1) is 0 Å². The van der Waals surface area contributed by atoms with Gasteiger partial charge >= 0.3 is 0 Å². The lowest BCUT2D eigenvalue weighted by atomic mass is 9.83. The largest absolute Gasteiger partial charge is 0.307 e. The van der Waals surface area contributed by atoms with Crippen LogP contribution in [0.2, 0.25) is 0 Å². The molecule has 0 saturated heterocycles. The van der Waals surface area contributed by atoms with E-state index in [0.717, 1.165) is 12.5 Å². The zero-order valence-electron chi connectivity index (χ0n) is 11.5. The lowest BCUT2D eigenvalue weighted by molar-refractivity contribution is 0.252. The van der Waals surface area contributed by atoms with Crippen LogP contribution in [-0.2, 0) is 6.54 Å². The molecule has 3 rings (SSSR count). The van der Waals surface area contributed by atoms with Crippen LogP contribution in [0.5, 0.6) is 0 Å². The van der Waals surface area contributed by atoms with E-state index < -0.39 is 0 Å². The fourth-order valence-corrected chi connectivity index (χ4v) is 3.31. The number of hydrogen-bond donors (Lipinski definition) is 1. The van der Waals surface area contributed by atoms with Gasteiger partial charge in [0, 0.05) is 12.1 Å². The standard InChI is InChI=1S/C17H25N/c1-17(11-5-2-6-12-17)18-13-15-7-3-4-8-16(15)14-9-10-14/h3-4,7-8,14,18H,2,5-6,9-13H2,1H3. The van der Waals surface area contributed by atoms with E-state index in [2.05, 4.69) is 36.5 Å². The summed E-state index contributed by atoms with van der Waals surface area (Å²) in [4.78, 5) is 0. The fourth-order valence-electron chi connectivity index (χ4n) is 3.31. The van der Waals surface area contributed by atoms with E-state index in [9.17, 15) is 0 Å². The fraction of sp³-hybridized carbons (Fsp3) is 0.647. The minimum absolute atomic E-state index is 0.384. The second-order valence-electron chi connectivity index (χ2n) is 6.45. The molecule has 0 unspecified atom stereocenters. The second-order valence-corrected chi connectivity index (χ2v) is 6.45. The Balaban J connectivity index is 1.65. The van der Waals surface area contributed by atoms with Crippen molar-refractivity contribution in [3.05, 3.63) is 35.4 Å². The molecule has 1 N–H and O–H groups in total. The Bertz CT molecular complexity index is 400. The van der Waals surface area contributed by atoms with Crippen LogP contribution in [0, 0.1) is 0 Å². The molecule has 2 fully saturated rings. The van der Waals surface area contributed by atoms with Gasteiger partial charge in [-0.2, -0.15) is 0 Å². The van der Waals surface area contributed by atoms with Crippen LogP contribution in [0.1, 0.15) is 68.9 Å². The number of hydrogen-bond acceptors (Lipinski definition) is 1. The van der Waals surface area contributed by atoms with Crippen LogP contribution in [0.3, 0.4) is 0 Å². The molecule has 18 heavy (non-hydrogen) atoms. The first-order chi connectivity index (χ1) is 8.77. The molecule has 0 aromatic heterocycles. The quantitative estimate of drug-likeness (QED) is 0.827.